The lowest BCUT2D eigenvalue weighted by atomic mass is 9.83. The van der Waals surface area contributed by atoms with Crippen molar-refractivity contribution in [3.05, 3.63) is 23.7 Å². The van der Waals surface area contributed by atoms with E-state index in [0.717, 1.165) is 30.9 Å². The molecule has 2 fully saturated rings. The summed E-state index contributed by atoms with van der Waals surface area (Å²) in [6.07, 6.45) is 9.86. The van der Waals surface area contributed by atoms with Crippen LogP contribution in [-0.2, 0) is 17.9 Å². The lowest BCUT2D eigenvalue weighted by Crippen LogP contribution is -2.16. The number of furan rings is 1. The summed E-state index contributed by atoms with van der Waals surface area (Å²) in [5.74, 6) is 1.93. The monoisotopic (exact) mass is 249 g/mol. The first-order chi connectivity index (χ1) is 8.92. The molecule has 0 saturated heterocycles. The van der Waals surface area contributed by atoms with E-state index in [-0.39, 0.29) is 0 Å². The normalized spacial score (nSPS) is 20.0. The molecule has 1 aromatic heterocycles. The molecule has 18 heavy (non-hydrogen) atoms. The van der Waals surface area contributed by atoms with Crippen molar-refractivity contribution in [3.8, 4) is 0 Å². The predicted molar refractivity (Wildman–Crippen MR) is 70.2 cm³/mol. The zero-order chi connectivity index (χ0) is 12.2. The van der Waals surface area contributed by atoms with Crippen LogP contribution in [0.4, 0.5) is 0 Å². The van der Waals surface area contributed by atoms with Crippen LogP contribution in [0, 0.1) is 5.92 Å². The second kappa shape index (κ2) is 5.89. The van der Waals surface area contributed by atoms with Gasteiger partial charge in [-0.15, -0.1) is 0 Å². The molecule has 2 aliphatic rings. The van der Waals surface area contributed by atoms with Gasteiger partial charge in [-0.3, -0.25) is 0 Å². The van der Waals surface area contributed by atoms with Crippen molar-refractivity contribution in [2.45, 2.75) is 57.7 Å². The highest BCUT2D eigenvalue weighted by Gasteiger charge is 2.21. The zero-order valence-electron chi connectivity index (χ0n) is 11.0. The summed E-state index contributed by atoms with van der Waals surface area (Å²) in [5.41, 5.74) is 1.26. The van der Waals surface area contributed by atoms with Crippen LogP contribution in [0.2, 0.25) is 0 Å². The van der Waals surface area contributed by atoms with Crippen LogP contribution in [0.25, 0.3) is 0 Å². The van der Waals surface area contributed by atoms with Gasteiger partial charge in [-0.2, -0.15) is 0 Å². The summed E-state index contributed by atoms with van der Waals surface area (Å²) >= 11 is 0. The van der Waals surface area contributed by atoms with Crippen LogP contribution < -0.4 is 5.32 Å². The minimum absolute atomic E-state index is 0.626. The highest BCUT2D eigenvalue weighted by Crippen LogP contribution is 2.29. The largest absolute Gasteiger partial charge is 0.467 e. The summed E-state index contributed by atoms with van der Waals surface area (Å²) < 4.78 is 11.2. The zero-order valence-corrected chi connectivity index (χ0v) is 11.0. The van der Waals surface area contributed by atoms with Gasteiger partial charge in [0.15, 0.2) is 0 Å². The molecule has 0 spiro atoms. The fourth-order valence-corrected chi connectivity index (χ4v) is 2.39. The van der Waals surface area contributed by atoms with Crippen molar-refractivity contribution in [1.82, 2.24) is 5.32 Å². The summed E-state index contributed by atoms with van der Waals surface area (Å²) in [6, 6.07) is 2.80. The average Bonchev–Trinajstić information content (AvgIpc) is 3.04. The van der Waals surface area contributed by atoms with Gasteiger partial charge in [0, 0.05) is 24.8 Å². The van der Waals surface area contributed by atoms with Crippen molar-refractivity contribution in [1.29, 1.82) is 0 Å². The molecule has 0 unspecified atom stereocenters. The quantitative estimate of drug-likeness (QED) is 0.718. The van der Waals surface area contributed by atoms with Gasteiger partial charge < -0.3 is 14.5 Å². The van der Waals surface area contributed by atoms with Crippen molar-refractivity contribution < 1.29 is 9.15 Å². The topological polar surface area (TPSA) is 34.4 Å². The Labute approximate surface area is 109 Å². The van der Waals surface area contributed by atoms with E-state index in [0.29, 0.717) is 6.61 Å². The molecule has 2 aliphatic carbocycles. The molecule has 3 nitrogen and oxygen atoms in total. The van der Waals surface area contributed by atoms with Crippen LogP contribution in [-0.4, -0.2) is 12.6 Å². The summed E-state index contributed by atoms with van der Waals surface area (Å²) in [4.78, 5) is 0. The fourth-order valence-electron chi connectivity index (χ4n) is 2.39. The van der Waals surface area contributed by atoms with Crippen molar-refractivity contribution in [2.24, 2.45) is 5.92 Å². The molecule has 0 atom stereocenters. The molecule has 0 aromatic carbocycles. The van der Waals surface area contributed by atoms with Gasteiger partial charge in [-0.05, 0) is 31.2 Å². The third kappa shape index (κ3) is 3.36. The van der Waals surface area contributed by atoms with Gasteiger partial charge in [0.05, 0.1) is 6.26 Å². The maximum absolute atomic E-state index is 5.73. The van der Waals surface area contributed by atoms with E-state index in [9.17, 15) is 0 Å². The third-order valence-corrected chi connectivity index (χ3v) is 4.12. The SMILES string of the molecule is c1cc(CNC2CC2)c(COCCC2CCC2)o1. The van der Waals surface area contributed by atoms with Gasteiger partial charge in [-0.25, -0.2) is 0 Å². The summed E-state index contributed by atoms with van der Waals surface area (Å²) in [7, 11) is 0. The number of hydrogen-bond acceptors (Lipinski definition) is 3. The number of rotatable bonds is 8. The van der Waals surface area contributed by atoms with E-state index in [2.05, 4.69) is 11.4 Å². The smallest absolute Gasteiger partial charge is 0.133 e. The van der Waals surface area contributed by atoms with Crippen LogP contribution in [0.3, 0.4) is 0 Å². The molecule has 100 valence electrons. The Morgan fingerprint density at radius 3 is 2.89 bits per heavy atom. The fraction of sp³-hybridized carbons (Fsp3) is 0.733. The molecule has 0 radical (unpaired) electrons. The van der Waals surface area contributed by atoms with Gasteiger partial charge in [-0.1, -0.05) is 19.3 Å². The Balaban J connectivity index is 1.36. The number of hydrogen-bond donors (Lipinski definition) is 1. The van der Waals surface area contributed by atoms with Gasteiger partial charge in [0.25, 0.3) is 0 Å². The van der Waals surface area contributed by atoms with Crippen LogP contribution in [0.1, 0.15) is 49.8 Å². The molecule has 0 aliphatic heterocycles. The minimum atomic E-state index is 0.626. The molecule has 0 amide bonds. The van der Waals surface area contributed by atoms with E-state index >= 15 is 0 Å². The lowest BCUT2D eigenvalue weighted by molar-refractivity contribution is 0.0829. The van der Waals surface area contributed by atoms with Crippen molar-refractivity contribution >= 4 is 0 Å². The van der Waals surface area contributed by atoms with E-state index in [4.69, 9.17) is 9.15 Å². The molecular weight excluding hydrogens is 226 g/mol. The molecule has 1 aromatic rings. The van der Waals surface area contributed by atoms with Crippen LogP contribution in [0.15, 0.2) is 16.7 Å². The first-order valence-electron chi connectivity index (χ1n) is 7.28. The number of nitrogens with one attached hydrogen (secondary N) is 1. The Morgan fingerprint density at radius 1 is 1.28 bits per heavy atom. The molecule has 1 N–H and O–H groups in total. The van der Waals surface area contributed by atoms with Crippen LogP contribution >= 0.6 is 0 Å². The Bertz CT molecular complexity index is 366. The predicted octanol–water partition coefficient (Wildman–Crippen LogP) is 3.24. The van der Waals surface area contributed by atoms with Crippen molar-refractivity contribution in [3.63, 3.8) is 0 Å². The van der Waals surface area contributed by atoms with Gasteiger partial charge >= 0.3 is 0 Å². The standard InChI is InChI=1S/C15H23NO2/c1-2-12(3-1)6-8-17-11-15-13(7-9-18-15)10-16-14-4-5-14/h7,9,12,14,16H,1-6,8,10-11H2. The van der Waals surface area contributed by atoms with Gasteiger partial charge in [0.2, 0.25) is 0 Å². The summed E-state index contributed by atoms with van der Waals surface area (Å²) in [5, 5.41) is 3.51. The van der Waals surface area contributed by atoms with E-state index in [1.54, 1.807) is 6.26 Å². The van der Waals surface area contributed by atoms with E-state index in [1.807, 2.05) is 0 Å². The number of ether oxygens (including phenoxy) is 1. The average molecular weight is 249 g/mol. The highest BCUT2D eigenvalue weighted by molar-refractivity contribution is 5.16. The Kier molecular flexibility index (Phi) is 4.01. The molecule has 2 saturated carbocycles. The maximum atomic E-state index is 5.73. The third-order valence-electron chi connectivity index (χ3n) is 4.12. The molecule has 3 rings (SSSR count). The summed E-state index contributed by atoms with van der Waals surface area (Å²) in [6.45, 7) is 2.42. The minimum Gasteiger partial charge on any atom is -0.467 e. The molecule has 0 bridgehead atoms. The second-order valence-corrected chi connectivity index (χ2v) is 5.66. The Hall–Kier alpha value is -0.800. The molecule has 3 heteroatoms. The van der Waals surface area contributed by atoms with Crippen LogP contribution in [0.5, 0.6) is 0 Å². The lowest BCUT2D eigenvalue weighted by Gasteiger charge is -2.24. The Morgan fingerprint density at radius 2 is 2.17 bits per heavy atom. The maximum Gasteiger partial charge on any atom is 0.133 e. The van der Waals surface area contributed by atoms with Crippen molar-refractivity contribution in [2.75, 3.05) is 6.61 Å². The first-order valence-corrected chi connectivity index (χ1v) is 7.28. The van der Waals surface area contributed by atoms with E-state index in [1.165, 1.54) is 44.1 Å². The van der Waals surface area contributed by atoms with E-state index < -0.39 is 0 Å². The molecule has 1 heterocycles. The highest BCUT2D eigenvalue weighted by atomic mass is 16.5. The molecular formula is C15H23NO2. The first kappa shape index (κ1) is 12.2. The second-order valence-electron chi connectivity index (χ2n) is 5.66. The van der Waals surface area contributed by atoms with Gasteiger partial charge in [0.1, 0.15) is 12.4 Å².